The van der Waals surface area contributed by atoms with Gasteiger partial charge in [0.15, 0.2) is 0 Å². The van der Waals surface area contributed by atoms with E-state index in [0.717, 1.165) is 3.57 Å². The standard InChI is InChI=1S/C15H12INO3/c1-10(18)17-13-5-7-14(8-6-13)20-15(19)11-3-2-4-12(16)9-11/h2-9H,1H3,(H,17,18). The second kappa shape index (κ2) is 6.51. The van der Waals surface area contributed by atoms with Crippen LogP contribution in [0.5, 0.6) is 5.75 Å². The highest BCUT2D eigenvalue weighted by molar-refractivity contribution is 14.1. The topological polar surface area (TPSA) is 55.4 Å². The summed E-state index contributed by atoms with van der Waals surface area (Å²) < 4.78 is 6.23. The summed E-state index contributed by atoms with van der Waals surface area (Å²) in [5, 5.41) is 2.64. The number of hydrogen-bond donors (Lipinski definition) is 1. The Labute approximate surface area is 130 Å². The monoisotopic (exact) mass is 381 g/mol. The number of rotatable bonds is 3. The van der Waals surface area contributed by atoms with Crippen LogP contribution in [0.2, 0.25) is 0 Å². The lowest BCUT2D eigenvalue weighted by Crippen LogP contribution is -2.09. The van der Waals surface area contributed by atoms with E-state index >= 15 is 0 Å². The SMILES string of the molecule is CC(=O)Nc1ccc(OC(=O)c2cccc(I)c2)cc1. The first-order valence-electron chi connectivity index (χ1n) is 5.90. The van der Waals surface area contributed by atoms with Crippen molar-refractivity contribution in [2.24, 2.45) is 0 Å². The summed E-state index contributed by atoms with van der Waals surface area (Å²) in [5.74, 6) is -0.118. The summed E-state index contributed by atoms with van der Waals surface area (Å²) >= 11 is 2.14. The molecule has 0 saturated carbocycles. The van der Waals surface area contributed by atoms with Gasteiger partial charge < -0.3 is 10.1 Å². The summed E-state index contributed by atoms with van der Waals surface area (Å²) in [4.78, 5) is 22.8. The molecule has 2 rings (SSSR count). The molecule has 0 heterocycles. The highest BCUT2D eigenvalue weighted by atomic mass is 127. The van der Waals surface area contributed by atoms with Gasteiger partial charge in [-0.05, 0) is 65.1 Å². The number of benzene rings is 2. The number of carbonyl (C=O) groups is 2. The molecule has 1 N–H and O–H groups in total. The number of halogens is 1. The minimum Gasteiger partial charge on any atom is -0.423 e. The molecule has 0 aliphatic carbocycles. The van der Waals surface area contributed by atoms with E-state index < -0.39 is 5.97 Å². The predicted octanol–water partition coefficient (Wildman–Crippen LogP) is 3.47. The first-order valence-corrected chi connectivity index (χ1v) is 6.98. The van der Waals surface area contributed by atoms with Crippen LogP contribution in [-0.2, 0) is 4.79 Å². The fraction of sp³-hybridized carbons (Fsp3) is 0.0667. The van der Waals surface area contributed by atoms with Gasteiger partial charge in [0.25, 0.3) is 0 Å². The molecule has 0 fully saturated rings. The lowest BCUT2D eigenvalue weighted by atomic mass is 10.2. The Morgan fingerprint density at radius 2 is 1.80 bits per heavy atom. The first kappa shape index (κ1) is 14.5. The molecule has 102 valence electrons. The highest BCUT2D eigenvalue weighted by Gasteiger charge is 2.08. The van der Waals surface area contributed by atoms with Gasteiger partial charge in [0.1, 0.15) is 5.75 Å². The molecule has 4 nitrogen and oxygen atoms in total. The van der Waals surface area contributed by atoms with Gasteiger partial charge in [-0.15, -0.1) is 0 Å². The van der Waals surface area contributed by atoms with Gasteiger partial charge in [0.2, 0.25) is 5.91 Å². The molecule has 2 aromatic rings. The number of hydrogen-bond acceptors (Lipinski definition) is 3. The van der Waals surface area contributed by atoms with Crippen molar-refractivity contribution in [3.63, 3.8) is 0 Å². The van der Waals surface area contributed by atoms with Gasteiger partial charge in [0.05, 0.1) is 5.56 Å². The number of ether oxygens (including phenoxy) is 1. The smallest absolute Gasteiger partial charge is 0.343 e. The third-order valence-corrected chi connectivity index (χ3v) is 3.12. The van der Waals surface area contributed by atoms with Crippen LogP contribution in [0.15, 0.2) is 48.5 Å². The van der Waals surface area contributed by atoms with Crippen LogP contribution in [0, 0.1) is 3.57 Å². The Kier molecular flexibility index (Phi) is 4.73. The Bertz CT molecular complexity index is 638. The Morgan fingerprint density at radius 1 is 1.10 bits per heavy atom. The predicted molar refractivity (Wildman–Crippen MR) is 84.9 cm³/mol. The third-order valence-electron chi connectivity index (χ3n) is 2.45. The van der Waals surface area contributed by atoms with Gasteiger partial charge in [0, 0.05) is 16.2 Å². The van der Waals surface area contributed by atoms with Crippen molar-refractivity contribution < 1.29 is 14.3 Å². The molecule has 0 aliphatic heterocycles. The normalized spacial score (nSPS) is 9.90. The molecule has 1 amide bonds. The highest BCUT2D eigenvalue weighted by Crippen LogP contribution is 2.17. The van der Waals surface area contributed by atoms with Crippen molar-refractivity contribution in [3.8, 4) is 5.75 Å². The number of carbonyl (C=O) groups excluding carboxylic acids is 2. The lowest BCUT2D eigenvalue weighted by molar-refractivity contribution is -0.114. The van der Waals surface area contributed by atoms with E-state index in [4.69, 9.17) is 4.74 Å². The molecule has 0 spiro atoms. The van der Waals surface area contributed by atoms with Crippen LogP contribution in [0.1, 0.15) is 17.3 Å². The van der Waals surface area contributed by atoms with Crippen LogP contribution in [0.25, 0.3) is 0 Å². The van der Waals surface area contributed by atoms with Crippen molar-refractivity contribution >= 4 is 40.2 Å². The maximum absolute atomic E-state index is 11.9. The first-order chi connectivity index (χ1) is 9.54. The average molecular weight is 381 g/mol. The molecule has 0 saturated heterocycles. The zero-order valence-corrected chi connectivity index (χ0v) is 12.9. The van der Waals surface area contributed by atoms with E-state index in [0.29, 0.717) is 17.0 Å². The number of esters is 1. The Morgan fingerprint density at radius 3 is 2.40 bits per heavy atom. The van der Waals surface area contributed by atoms with Gasteiger partial charge in [-0.25, -0.2) is 4.79 Å². The molecule has 0 unspecified atom stereocenters. The van der Waals surface area contributed by atoms with E-state index in [9.17, 15) is 9.59 Å². The lowest BCUT2D eigenvalue weighted by Gasteiger charge is -2.06. The number of amides is 1. The molecule has 20 heavy (non-hydrogen) atoms. The van der Waals surface area contributed by atoms with E-state index in [1.54, 1.807) is 42.5 Å². The summed E-state index contributed by atoms with van der Waals surface area (Å²) in [7, 11) is 0. The van der Waals surface area contributed by atoms with Crippen molar-refractivity contribution in [2.75, 3.05) is 5.32 Å². The fourth-order valence-electron chi connectivity index (χ4n) is 1.59. The van der Waals surface area contributed by atoms with Gasteiger partial charge in [-0.2, -0.15) is 0 Å². The second-order valence-corrected chi connectivity index (χ2v) is 5.35. The van der Waals surface area contributed by atoms with Gasteiger partial charge in [-0.3, -0.25) is 4.79 Å². The number of nitrogens with one attached hydrogen (secondary N) is 1. The van der Waals surface area contributed by atoms with E-state index in [1.165, 1.54) is 6.92 Å². The van der Waals surface area contributed by atoms with E-state index in [1.807, 2.05) is 6.07 Å². The molecule has 0 aliphatic rings. The largest absolute Gasteiger partial charge is 0.423 e. The van der Waals surface area contributed by atoms with Crippen molar-refractivity contribution in [1.82, 2.24) is 0 Å². The second-order valence-electron chi connectivity index (χ2n) is 4.11. The van der Waals surface area contributed by atoms with Gasteiger partial charge >= 0.3 is 5.97 Å². The van der Waals surface area contributed by atoms with E-state index in [2.05, 4.69) is 27.9 Å². The molecule has 0 bridgehead atoms. The molecular formula is C15H12INO3. The minimum atomic E-state index is -0.407. The molecule has 5 heteroatoms. The van der Waals surface area contributed by atoms with Crippen molar-refractivity contribution in [2.45, 2.75) is 6.92 Å². The average Bonchev–Trinajstić information content (AvgIpc) is 2.40. The Balaban J connectivity index is 2.06. The van der Waals surface area contributed by atoms with Crippen LogP contribution in [0.3, 0.4) is 0 Å². The summed E-state index contributed by atoms with van der Waals surface area (Å²) in [6, 6.07) is 13.8. The Hall–Kier alpha value is -1.89. The molecule has 0 aromatic heterocycles. The van der Waals surface area contributed by atoms with E-state index in [-0.39, 0.29) is 5.91 Å². The molecular weight excluding hydrogens is 369 g/mol. The van der Waals surface area contributed by atoms with Crippen LogP contribution < -0.4 is 10.1 Å². The summed E-state index contributed by atoms with van der Waals surface area (Å²) in [5.41, 5.74) is 1.16. The summed E-state index contributed by atoms with van der Waals surface area (Å²) in [6.45, 7) is 1.44. The zero-order valence-electron chi connectivity index (χ0n) is 10.7. The molecule has 0 atom stereocenters. The van der Waals surface area contributed by atoms with Crippen molar-refractivity contribution in [1.29, 1.82) is 0 Å². The minimum absolute atomic E-state index is 0.145. The van der Waals surface area contributed by atoms with Crippen LogP contribution in [-0.4, -0.2) is 11.9 Å². The fourth-order valence-corrected chi connectivity index (χ4v) is 2.13. The summed E-state index contributed by atoms with van der Waals surface area (Å²) in [6.07, 6.45) is 0. The number of anilines is 1. The van der Waals surface area contributed by atoms with Crippen LogP contribution in [0.4, 0.5) is 5.69 Å². The maximum atomic E-state index is 11.9. The zero-order chi connectivity index (χ0) is 14.5. The van der Waals surface area contributed by atoms with Gasteiger partial charge in [-0.1, -0.05) is 6.07 Å². The third kappa shape index (κ3) is 4.06. The maximum Gasteiger partial charge on any atom is 0.343 e. The van der Waals surface area contributed by atoms with Crippen LogP contribution >= 0.6 is 22.6 Å². The quantitative estimate of drug-likeness (QED) is 0.503. The molecule has 2 aromatic carbocycles. The van der Waals surface area contributed by atoms with Crippen molar-refractivity contribution in [3.05, 3.63) is 57.7 Å². The molecule has 0 radical (unpaired) electrons.